The lowest BCUT2D eigenvalue weighted by Crippen LogP contribution is -2.34. The van der Waals surface area contributed by atoms with Gasteiger partial charge in [-0.05, 0) is 40.7 Å². The number of hydrogen-bond donors (Lipinski definition) is 1. The van der Waals surface area contributed by atoms with Crippen molar-refractivity contribution >= 4 is 33.6 Å². The topological polar surface area (TPSA) is 42.0 Å². The second-order valence-electron chi connectivity index (χ2n) is 3.38. The molecule has 0 aliphatic carbocycles. The number of hydrogen-bond acceptors (Lipinski definition) is 3. The van der Waals surface area contributed by atoms with Gasteiger partial charge in [-0.3, -0.25) is 4.79 Å². The molecule has 0 saturated heterocycles. The number of nitrogens with zero attached hydrogens (tertiary/aromatic N) is 1. The van der Waals surface area contributed by atoms with Crippen LogP contribution in [0.25, 0.3) is 0 Å². The van der Waals surface area contributed by atoms with E-state index in [4.69, 9.17) is 0 Å². The van der Waals surface area contributed by atoms with Gasteiger partial charge in [0.2, 0.25) is 0 Å². The zero-order valence-corrected chi connectivity index (χ0v) is 11.8. The molecule has 5 heteroatoms. The summed E-state index contributed by atoms with van der Waals surface area (Å²) in [5, 5.41) is 2.92. The van der Waals surface area contributed by atoms with E-state index in [-0.39, 0.29) is 11.9 Å². The highest BCUT2D eigenvalue weighted by Crippen LogP contribution is 2.07. The molecule has 3 nitrogen and oxygen atoms in total. The number of carbonyl (C=O) groups is 1. The summed E-state index contributed by atoms with van der Waals surface area (Å²) in [6.45, 7) is 4.10. The molecule has 0 aliphatic rings. The van der Waals surface area contributed by atoms with Crippen LogP contribution >= 0.6 is 27.7 Å². The minimum Gasteiger partial charge on any atom is -0.347 e. The second kappa shape index (κ2) is 6.91. The Hall–Kier alpha value is -0.550. The third-order valence-corrected chi connectivity index (χ3v) is 3.48. The number of halogens is 1. The molecule has 16 heavy (non-hydrogen) atoms. The molecule has 0 spiro atoms. The van der Waals surface area contributed by atoms with E-state index < -0.39 is 0 Å². The van der Waals surface area contributed by atoms with E-state index in [1.165, 1.54) is 0 Å². The van der Waals surface area contributed by atoms with Gasteiger partial charge in [0.05, 0.1) is 0 Å². The van der Waals surface area contributed by atoms with E-state index in [9.17, 15) is 4.79 Å². The van der Waals surface area contributed by atoms with Crippen molar-refractivity contribution in [1.29, 1.82) is 0 Å². The third-order valence-electron chi connectivity index (χ3n) is 1.90. The van der Waals surface area contributed by atoms with E-state index in [0.29, 0.717) is 10.3 Å². The molecule has 1 aromatic rings. The Bertz CT molecular complexity index is 360. The maximum absolute atomic E-state index is 11.8. The molecular formula is C11H15BrN2OS. The second-order valence-corrected chi connectivity index (χ2v) is 5.51. The van der Waals surface area contributed by atoms with Crippen LogP contribution in [-0.2, 0) is 0 Å². The van der Waals surface area contributed by atoms with Crippen LogP contribution in [0.15, 0.2) is 22.8 Å². The van der Waals surface area contributed by atoms with Gasteiger partial charge >= 0.3 is 0 Å². The first-order valence-corrected chi connectivity index (χ1v) is 7.09. The Kier molecular flexibility index (Phi) is 5.84. The van der Waals surface area contributed by atoms with Crippen molar-refractivity contribution in [2.24, 2.45) is 0 Å². The van der Waals surface area contributed by atoms with E-state index in [1.807, 2.05) is 18.7 Å². The molecule has 0 radical (unpaired) electrons. The number of carbonyl (C=O) groups excluding carboxylic acids is 1. The summed E-state index contributed by atoms with van der Waals surface area (Å²) in [6.07, 6.45) is 0. The molecule has 0 fully saturated rings. The molecule has 1 rings (SSSR count). The van der Waals surface area contributed by atoms with Gasteiger partial charge < -0.3 is 5.32 Å². The first-order chi connectivity index (χ1) is 7.63. The summed E-state index contributed by atoms with van der Waals surface area (Å²) in [7, 11) is 0. The Labute approximate surface area is 109 Å². The Morgan fingerprint density at radius 1 is 1.62 bits per heavy atom. The van der Waals surface area contributed by atoms with Crippen LogP contribution in [-0.4, -0.2) is 28.4 Å². The maximum Gasteiger partial charge on any atom is 0.270 e. The quantitative estimate of drug-likeness (QED) is 0.851. The predicted molar refractivity (Wildman–Crippen MR) is 71.9 cm³/mol. The monoisotopic (exact) mass is 302 g/mol. The standard InChI is InChI=1S/C11H15BrN2OS/c1-3-16-7-8(2)13-11(15)9-5-4-6-10(12)14-9/h4-6,8H,3,7H2,1-2H3,(H,13,15). The minimum atomic E-state index is -0.120. The average molecular weight is 303 g/mol. The minimum absolute atomic E-state index is 0.120. The van der Waals surface area contributed by atoms with Gasteiger partial charge in [-0.1, -0.05) is 13.0 Å². The van der Waals surface area contributed by atoms with Crippen molar-refractivity contribution in [3.8, 4) is 0 Å². The number of rotatable bonds is 5. The lowest BCUT2D eigenvalue weighted by atomic mass is 10.3. The number of pyridine rings is 1. The maximum atomic E-state index is 11.8. The van der Waals surface area contributed by atoms with Crippen LogP contribution in [0.2, 0.25) is 0 Å². The molecule has 1 atom stereocenters. The van der Waals surface area contributed by atoms with Crippen LogP contribution < -0.4 is 5.32 Å². The van der Waals surface area contributed by atoms with Crippen molar-refractivity contribution in [3.05, 3.63) is 28.5 Å². The Balaban J connectivity index is 2.52. The molecule has 1 unspecified atom stereocenters. The molecular weight excluding hydrogens is 288 g/mol. The highest BCUT2D eigenvalue weighted by molar-refractivity contribution is 9.10. The lowest BCUT2D eigenvalue weighted by Gasteiger charge is -2.12. The van der Waals surface area contributed by atoms with Crippen LogP contribution in [0.5, 0.6) is 0 Å². The highest BCUT2D eigenvalue weighted by atomic mass is 79.9. The van der Waals surface area contributed by atoms with Gasteiger partial charge in [-0.2, -0.15) is 11.8 Å². The molecule has 0 bridgehead atoms. The molecule has 88 valence electrons. The summed E-state index contributed by atoms with van der Waals surface area (Å²) in [4.78, 5) is 15.9. The van der Waals surface area contributed by atoms with Gasteiger partial charge in [0.15, 0.2) is 0 Å². The number of amides is 1. The van der Waals surface area contributed by atoms with Crippen LogP contribution in [0.3, 0.4) is 0 Å². The fourth-order valence-corrected chi connectivity index (χ4v) is 2.18. The molecule has 1 heterocycles. The third kappa shape index (κ3) is 4.53. The van der Waals surface area contributed by atoms with Crippen molar-refractivity contribution in [2.75, 3.05) is 11.5 Å². The predicted octanol–water partition coefficient (Wildman–Crippen LogP) is 2.72. The molecule has 0 aliphatic heterocycles. The fraction of sp³-hybridized carbons (Fsp3) is 0.455. The largest absolute Gasteiger partial charge is 0.347 e. The number of nitrogens with one attached hydrogen (secondary N) is 1. The van der Waals surface area contributed by atoms with Gasteiger partial charge in [-0.15, -0.1) is 0 Å². The van der Waals surface area contributed by atoms with E-state index in [2.05, 4.69) is 33.2 Å². The van der Waals surface area contributed by atoms with Gasteiger partial charge in [0.1, 0.15) is 10.3 Å². The summed E-state index contributed by atoms with van der Waals surface area (Å²) >= 11 is 5.06. The summed E-state index contributed by atoms with van der Waals surface area (Å²) in [5.41, 5.74) is 0.447. The highest BCUT2D eigenvalue weighted by Gasteiger charge is 2.10. The molecule has 1 N–H and O–H groups in total. The van der Waals surface area contributed by atoms with E-state index in [0.717, 1.165) is 11.5 Å². The molecule has 1 amide bonds. The van der Waals surface area contributed by atoms with E-state index >= 15 is 0 Å². The summed E-state index contributed by atoms with van der Waals surface area (Å²) < 4.78 is 0.677. The zero-order chi connectivity index (χ0) is 12.0. The van der Waals surface area contributed by atoms with Gasteiger partial charge in [-0.25, -0.2) is 4.98 Å². The van der Waals surface area contributed by atoms with Crippen LogP contribution in [0.1, 0.15) is 24.3 Å². The molecule has 1 aromatic heterocycles. The fourth-order valence-electron chi connectivity index (χ4n) is 1.17. The van der Waals surface area contributed by atoms with Crippen LogP contribution in [0.4, 0.5) is 0 Å². The molecule has 0 saturated carbocycles. The molecule has 0 aromatic carbocycles. The van der Waals surface area contributed by atoms with Crippen molar-refractivity contribution in [3.63, 3.8) is 0 Å². The Morgan fingerprint density at radius 3 is 3.00 bits per heavy atom. The van der Waals surface area contributed by atoms with Crippen molar-refractivity contribution in [2.45, 2.75) is 19.9 Å². The average Bonchev–Trinajstić information content (AvgIpc) is 2.26. The Morgan fingerprint density at radius 2 is 2.38 bits per heavy atom. The normalized spacial score (nSPS) is 12.2. The summed E-state index contributed by atoms with van der Waals surface area (Å²) in [6, 6.07) is 5.47. The van der Waals surface area contributed by atoms with Crippen LogP contribution in [0, 0.1) is 0 Å². The zero-order valence-electron chi connectivity index (χ0n) is 9.37. The number of thioether (sulfide) groups is 1. The van der Waals surface area contributed by atoms with Crippen molar-refractivity contribution in [1.82, 2.24) is 10.3 Å². The van der Waals surface area contributed by atoms with Crippen molar-refractivity contribution < 1.29 is 4.79 Å². The first kappa shape index (κ1) is 13.5. The summed E-state index contributed by atoms with van der Waals surface area (Å²) in [5.74, 6) is 1.87. The number of aromatic nitrogens is 1. The van der Waals surface area contributed by atoms with E-state index in [1.54, 1.807) is 18.2 Å². The smallest absolute Gasteiger partial charge is 0.270 e. The SMILES string of the molecule is CCSCC(C)NC(=O)c1cccc(Br)n1. The lowest BCUT2D eigenvalue weighted by molar-refractivity contribution is 0.0938. The van der Waals surface area contributed by atoms with Gasteiger partial charge in [0, 0.05) is 11.8 Å². The first-order valence-electron chi connectivity index (χ1n) is 5.14. The van der Waals surface area contributed by atoms with Gasteiger partial charge in [0.25, 0.3) is 5.91 Å².